The fourth-order valence-corrected chi connectivity index (χ4v) is 3.10. The summed E-state index contributed by atoms with van der Waals surface area (Å²) in [5.74, 6) is 1.71. The number of aromatic amines is 1. The van der Waals surface area contributed by atoms with E-state index in [9.17, 15) is 4.79 Å². The average Bonchev–Trinajstić information content (AvgIpc) is 2.99. The minimum Gasteiger partial charge on any atom is -0.349 e. The molecule has 0 aliphatic carbocycles. The third kappa shape index (κ3) is 3.85. The van der Waals surface area contributed by atoms with Crippen molar-refractivity contribution < 1.29 is 4.79 Å². The zero-order valence-electron chi connectivity index (χ0n) is 9.97. The number of rotatable bonds is 6. The maximum absolute atomic E-state index is 11.7. The van der Waals surface area contributed by atoms with Crippen LogP contribution in [0.5, 0.6) is 0 Å². The lowest BCUT2D eigenvalue weighted by Crippen LogP contribution is -2.25. The first-order chi connectivity index (χ1) is 8.78. The van der Waals surface area contributed by atoms with Gasteiger partial charge in [0, 0.05) is 17.8 Å². The highest BCUT2D eigenvalue weighted by Gasteiger charge is 2.08. The van der Waals surface area contributed by atoms with Crippen LogP contribution in [0.25, 0.3) is 0 Å². The molecule has 0 saturated heterocycles. The molecule has 1 amide bonds. The van der Waals surface area contributed by atoms with Gasteiger partial charge >= 0.3 is 0 Å². The Bertz CT molecular complexity index is 495. The van der Waals surface area contributed by atoms with Crippen LogP contribution in [0.2, 0.25) is 0 Å². The van der Waals surface area contributed by atoms with Gasteiger partial charge in [-0.2, -0.15) is 0 Å². The smallest absolute Gasteiger partial charge is 0.226 e. The second-order valence-electron chi connectivity index (χ2n) is 3.53. The van der Waals surface area contributed by atoms with E-state index in [-0.39, 0.29) is 5.91 Å². The van der Waals surface area contributed by atoms with Crippen molar-refractivity contribution in [3.8, 4) is 0 Å². The summed E-state index contributed by atoms with van der Waals surface area (Å²) in [5, 5.41) is 4.73. The van der Waals surface area contributed by atoms with E-state index in [1.807, 2.05) is 5.38 Å². The number of hydrogen-bond acceptors (Lipinski definition) is 5. The number of nitrogens with one attached hydrogen (secondary N) is 2. The molecule has 2 rings (SSSR count). The Morgan fingerprint density at radius 2 is 2.50 bits per heavy atom. The van der Waals surface area contributed by atoms with Crippen LogP contribution in [0.15, 0.2) is 22.1 Å². The molecule has 0 bridgehead atoms. The van der Waals surface area contributed by atoms with Crippen LogP contribution in [-0.2, 0) is 17.8 Å². The van der Waals surface area contributed by atoms with E-state index in [0.717, 1.165) is 21.6 Å². The van der Waals surface area contributed by atoms with E-state index in [1.165, 1.54) is 0 Å². The molecule has 2 aromatic heterocycles. The normalized spacial score (nSPS) is 10.5. The first-order valence-corrected chi connectivity index (χ1v) is 7.46. The molecule has 0 saturated carbocycles. The van der Waals surface area contributed by atoms with Crippen molar-refractivity contribution in [1.82, 2.24) is 20.3 Å². The summed E-state index contributed by atoms with van der Waals surface area (Å²) in [4.78, 5) is 23.0. The number of aromatic nitrogens is 3. The van der Waals surface area contributed by atoms with Crippen LogP contribution >= 0.6 is 23.1 Å². The molecule has 18 heavy (non-hydrogen) atoms. The molecule has 5 nitrogen and oxygen atoms in total. The Labute approximate surface area is 113 Å². The van der Waals surface area contributed by atoms with Crippen molar-refractivity contribution in [2.45, 2.75) is 24.2 Å². The molecule has 0 aliphatic heterocycles. The number of hydrogen-bond donors (Lipinski definition) is 2. The van der Waals surface area contributed by atoms with Crippen LogP contribution in [-0.4, -0.2) is 26.6 Å². The summed E-state index contributed by atoms with van der Waals surface area (Å²) in [5.41, 5.74) is 0.827. The number of carbonyl (C=O) groups excluding carboxylic acids is 1. The zero-order valence-corrected chi connectivity index (χ0v) is 11.6. The van der Waals surface area contributed by atoms with Gasteiger partial charge in [-0.3, -0.25) is 4.79 Å². The molecule has 0 aliphatic rings. The van der Waals surface area contributed by atoms with Gasteiger partial charge in [-0.1, -0.05) is 18.7 Å². The summed E-state index contributed by atoms with van der Waals surface area (Å²) in [6.07, 6.45) is 3.72. The fraction of sp³-hybridized carbons (Fsp3) is 0.364. The number of thioether (sulfide) groups is 1. The predicted octanol–water partition coefficient (Wildman–Crippen LogP) is 1.84. The molecular weight excluding hydrogens is 268 g/mol. The highest BCUT2D eigenvalue weighted by molar-refractivity contribution is 8.00. The van der Waals surface area contributed by atoms with Crippen LogP contribution in [0.1, 0.15) is 18.4 Å². The Morgan fingerprint density at radius 1 is 1.61 bits per heavy atom. The molecular formula is C11H14N4OS2. The van der Waals surface area contributed by atoms with Crippen molar-refractivity contribution >= 4 is 29.0 Å². The highest BCUT2D eigenvalue weighted by Crippen LogP contribution is 2.22. The van der Waals surface area contributed by atoms with Gasteiger partial charge in [0.1, 0.15) is 10.2 Å². The molecule has 7 heteroatoms. The SMILES string of the molecule is CCSc1nc(CC(=O)NCc2ncc[nH]2)cs1. The maximum Gasteiger partial charge on any atom is 0.226 e. The fourth-order valence-electron chi connectivity index (χ4n) is 1.36. The van der Waals surface area contributed by atoms with Crippen LogP contribution in [0.4, 0.5) is 0 Å². The Morgan fingerprint density at radius 3 is 3.22 bits per heavy atom. The first kappa shape index (κ1) is 13.1. The van der Waals surface area contributed by atoms with E-state index in [1.54, 1.807) is 35.5 Å². The van der Waals surface area contributed by atoms with Crippen LogP contribution < -0.4 is 5.32 Å². The molecule has 0 radical (unpaired) electrons. The van der Waals surface area contributed by atoms with Crippen LogP contribution in [0, 0.1) is 0 Å². The highest BCUT2D eigenvalue weighted by atomic mass is 32.2. The molecule has 2 heterocycles. The van der Waals surface area contributed by atoms with Crippen LogP contribution in [0.3, 0.4) is 0 Å². The van der Waals surface area contributed by atoms with E-state index in [2.05, 4.69) is 27.2 Å². The standard InChI is InChI=1S/C11H14N4OS2/c1-2-17-11-15-8(7-18-11)5-10(16)14-6-9-12-3-4-13-9/h3-4,7H,2,5-6H2,1H3,(H,12,13)(H,14,16). The molecule has 0 spiro atoms. The summed E-state index contributed by atoms with van der Waals surface area (Å²) < 4.78 is 1.02. The van der Waals surface area contributed by atoms with Gasteiger partial charge in [0.05, 0.1) is 18.7 Å². The van der Waals surface area contributed by atoms with Gasteiger partial charge in [0.15, 0.2) is 0 Å². The van der Waals surface area contributed by atoms with E-state index < -0.39 is 0 Å². The van der Waals surface area contributed by atoms with Gasteiger partial charge in [-0.05, 0) is 5.75 Å². The average molecular weight is 282 g/mol. The lowest BCUT2D eigenvalue weighted by atomic mass is 10.3. The third-order valence-electron chi connectivity index (χ3n) is 2.15. The van der Waals surface area contributed by atoms with Crippen molar-refractivity contribution in [3.05, 3.63) is 29.3 Å². The van der Waals surface area contributed by atoms with Gasteiger partial charge in [0.2, 0.25) is 5.91 Å². The second-order valence-corrected chi connectivity index (χ2v) is 5.90. The first-order valence-electron chi connectivity index (χ1n) is 5.60. The number of amides is 1. The van der Waals surface area contributed by atoms with Gasteiger partial charge in [-0.25, -0.2) is 9.97 Å². The van der Waals surface area contributed by atoms with Crippen molar-refractivity contribution in [2.75, 3.05) is 5.75 Å². The molecule has 0 fully saturated rings. The number of nitrogens with zero attached hydrogens (tertiary/aromatic N) is 2. The molecule has 0 unspecified atom stereocenters. The monoisotopic (exact) mass is 282 g/mol. The molecule has 0 aromatic carbocycles. The lowest BCUT2D eigenvalue weighted by Gasteiger charge is -2.01. The number of imidazole rings is 1. The summed E-state index contributed by atoms with van der Waals surface area (Å²) in [6.45, 7) is 2.51. The number of H-pyrrole nitrogens is 1. The predicted molar refractivity (Wildman–Crippen MR) is 72.7 cm³/mol. The molecule has 2 N–H and O–H groups in total. The topological polar surface area (TPSA) is 70.7 Å². The summed E-state index contributed by atoms with van der Waals surface area (Å²) in [6, 6.07) is 0. The Balaban J connectivity index is 1.79. The summed E-state index contributed by atoms with van der Waals surface area (Å²) >= 11 is 3.28. The third-order valence-corrected chi connectivity index (χ3v) is 4.10. The van der Waals surface area contributed by atoms with Gasteiger partial charge < -0.3 is 10.3 Å². The van der Waals surface area contributed by atoms with Gasteiger partial charge in [-0.15, -0.1) is 11.3 Å². The lowest BCUT2D eigenvalue weighted by molar-refractivity contribution is -0.120. The minimum absolute atomic E-state index is 0.0373. The van der Waals surface area contributed by atoms with Crippen molar-refractivity contribution in [2.24, 2.45) is 0 Å². The van der Waals surface area contributed by atoms with Crippen molar-refractivity contribution in [1.29, 1.82) is 0 Å². The minimum atomic E-state index is -0.0373. The van der Waals surface area contributed by atoms with Gasteiger partial charge in [0.25, 0.3) is 0 Å². The van der Waals surface area contributed by atoms with E-state index >= 15 is 0 Å². The number of thiazole rings is 1. The van der Waals surface area contributed by atoms with E-state index in [4.69, 9.17) is 0 Å². The Kier molecular flexibility index (Phi) is 4.77. The zero-order chi connectivity index (χ0) is 12.8. The summed E-state index contributed by atoms with van der Waals surface area (Å²) in [7, 11) is 0. The second kappa shape index (κ2) is 6.55. The van der Waals surface area contributed by atoms with Crippen molar-refractivity contribution in [3.63, 3.8) is 0 Å². The molecule has 0 atom stereocenters. The largest absolute Gasteiger partial charge is 0.349 e. The molecule has 96 valence electrons. The Hall–Kier alpha value is -1.34. The molecule has 2 aromatic rings. The van der Waals surface area contributed by atoms with E-state index in [0.29, 0.717) is 13.0 Å². The quantitative estimate of drug-likeness (QED) is 0.793. The number of carbonyl (C=O) groups is 1. The maximum atomic E-state index is 11.7.